The van der Waals surface area contributed by atoms with Crippen molar-refractivity contribution >= 4 is 22.2 Å². The third-order valence-electron chi connectivity index (χ3n) is 3.57. The van der Waals surface area contributed by atoms with Crippen molar-refractivity contribution in [1.29, 1.82) is 0 Å². The Labute approximate surface area is 149 Å². The smallest absolute Gasteiger partial charge is 0.407 e. The molecule has 1 rings (SSSR count). The summed E-state index contributed by atoms with van der Waals surface area (Å²) in [5, 5.41) is 2.66. The summed E-state index contributed by atoms with van der Waals surface area (Å²) < 4.78 is 38.3. The molecule has 0 saturated heterocycles. The first-order valence-corrected chi connectivity index (χ1v) is 10.3. The Morgan fingerprint density at radius 2 is 1.84 bits per heavy atom. The van der Waals surface area contributed by atoms with Gasteiger partial charge in [-0.05, 0) is 40.0 Å². The summed E-state index contributed by atoms with van der Waals surface area (Å²) in [7, 11) is -3.73. The molecule has 3 unspecified atom stereocenters. The molecule has 1 fully saturated rings. The maximum Gasteiger partial charge on any atom is 0.407 e. The van der Waals surface area contributed by atoms with E-state index in [9.17, 15) is 18.0 Å². The van der Waals surface area contributed by atoms with E-state index in [2.05, 4.69) is 5.32 Å². The van der Waals surface area contributed by atoms with Crippen LogP contribution in [-0.2, 0) is 28.6 Å². The molecule has 0 heterocycles. The largest absolute Gasteiger partial charge is 0.465 e. The summed E-state index contributed by atoms with van der Waals surface area (Å²) in [5.74, 6) is -1.25. The van der Waals surface area contributed by atoms with Crippen LogP contribution in [0.25, 0.3) is 0 Å². The normalized spacial score (nSPS) is 24.0. The number of rotatable bonds is 7. The van der Waals surface area contributed by atoms with Crippen LogP contribution < -0.4 is 5.32 Å². The van der Waals surface area contributed by atoms with E-state index in [1.165, 1.54) is 0 Å². The van der Waals surface area contributed by atoms with E-state index in [0.29, 0.717) is 0 Å². The molecule has 1 aliphatic carbocycles. The molecule has 0 aromatic carbocycles. The van der Waals surface area contributed by atoms with Crippen molar-refractivity contribution in [1.82, 2.24) is 5.32 Å². The number of hydrogen-bond acceptors (Lipinski definition) is 7. The highest BCUT2D eigenvalue weighted by atomic mass is 32.2. The van der Waals surface area contributed by atoms with Gasteiger partial charge in [0.05, 0.1) is 24.9 Å². The molecular weight excluding hydrogens is 350 g/mol. The van der Waals surface area contributed by atoms with Crippen LogP contribution in [0.1, 0.15) is 53.4 Å². The summed E-state index contributed by atoms with van der Waals surface area (Å²) in [6.45, 7) is 7.47. The van der Waals surface area contributed by atoms with Crippen molar-refractivity contribution in [2.75, 3.05) is 12.9 Å². The number of alkyl carbamates (subject to hydrolysis) is 1. The van der Waals surface area contributed by atoms with Crippen molar-refractivity contribution in [2.45, 2.75) is 71.1 Å². The quantitative estimate of drug-likeness (QED) is 0.409. The zero-order valence-corrected chi connectivity index (χ0v) is 16.4. The fourth-order valence-corrected chi connectivity index (χ4v) is 3.26. The first-order chi connectivity index (χ1) is 11.4. The Morgan fingerprint density at radius 3 is 2.36 bits per heavy atom. The summed E-state index contributed by atoms with van der Waals surface area (Å²) in [4.78, 5) is 24.1. The standard InChI is InChI=1S/C16H29NO7S/c1-6-7-8-22-14(18)12-9-11(10-13(12)24-25(5,20)21)17-15(19)23-16(2,3)4/h11-13H,6-10H2,1-5H3,(H,17,19). The van der Waals surface area contributed by atoms with E-state index < -0.39 is 45.8 Å². The fraction of sp³-hybridized carbons (Fsp3) is 0.875. The Hall–Kier alpha value is -1.35. The van der Waals surface area contributed by atoms with Crippen molar-refractivity contribution < 1.29 is 31.7 Å². The summed E-state index contributed by atoms with van der Waals surface area (Å²) in [6.07, 6.45) is 1.50. The highest BCUT2D eigenvalue weighted by molar-refractivity contribution is 7.86. The van der Waals surface area contributed by atoms with Gasteiger partial charge in [-0.1, -0.05) is 13.3 Å². The molecule has 1 N–H and O–H groups in total. The number of hydrogen-bond donors (Lipinski definition) is 1. The Bertz CT molecular complexity index is 568. The molecule has 8 nitrogen and oxygen atoms in total. The van der Waals surface area contributed by atoms with Crippen molar-refractivity contribution in [3.05, 3.63) is 0 Å². The highest BCUT2D eigenvalue weighted by Crippen LogP contribution is 2.31. The molecule has 0 spiro atoms. The summed E-state index contributed by atoms with van der Waals surface area (Å²) in [6, 6.07) is -0.426. The van der Waals surface area contributed by atoms with E-state index in [1.807, 2.05) is 6.92 Å². The Balaban J connectivity index is 2.72. The SMILES string of the molecule is CCCCOC(=O)C1CC(NC(=O)OC(C)(C)C)CC1OS(C)(=O)=O. The minimum atomic E-state index is -3.73. The van der Waals surface area contributed by atoms with Crippen molar-refractivity contribution in [3.63, 3.8) is 0 Å². The predicted octanol–water partition coefficient (Wildman–Crippen LogP) is 1.98. The second-order valence-electron chi connectivity index (χ2n) is 7.28. The minimum Gasteiger partial charge on any atom is -0.465 e. The third-order valence-corrected chi connectivity index (χ3v) is 4.17. The number of carbonyl (C=O) groups excluding carboxylic acids is 2. The molecule has 1 aliphatic rings. The molecule has 146 valence electrons. The summed E-state index contributed by atoms with van der Waals surface area (Å²) >= 11 is 0. The van der Waals surface area contributed by atoms with Crippen LogP contribution in [0.3, 0.4) is 0 Å². The monoisotopic (exact) mass is 379 g/mol. The Kier molecular flexibility index (Phi) is 7.67. The van der Waals surface area contributed by atoms with Crippen LogP contribution in [0.5, 0.6) is 0 Å². The second-order valence-corrected chi connectivity index (χ2v) is 8.88. The minimum absolute atomic E-state index is 0.194. The number of unbranched alkanes of at least 4 members (excludes halogenated alkanes) is 1. The van der Waals surface area contributed by atoms with Gasteiger partial charge in [-0.15, -0.1) is 0 Å². The van der Waals surface area contributed by atoms with Crippen LogP contribution in [0.2, 0.25) is 0 Å². The Morgan fingerprint density at radius 1 is 1.20 bits per heavy atom. The number of esters is 1. The lowest BCUT2D eigenvalue weighted by molar-refractivity contribution is -0.150. The van der Waals surface area contributed by atoms with Gasteiger partial charge >= 0.3 is 12.1 Å². The summed E-state index contributed by atoms with van der Waals surface area (Å²) in [5.41, 5.74) is -0.649. The molecule has 9 heteroatoms. The number of ether oxygens (including phenoxy) is 2. The molecule has 0 radical (unpaired) electrons. The second kappa shape index (κ2) is 8.84. The average molecular weight is 379 g/mol. The molecule has 1 saturated carbocycles. The van der Waals surface area contributed by atoms with Gasteiger partial charge in [-0.25, -0.2) is 4.79 Å². The van der Waals surface area contributed by atoms with Crippen LogP contribution in [-0.4, -0.2) is 51.1 Å². The van der Waals surface area contributed by atoms with Crippen LogP contribution in [0.15, 0.2) is 0 Å². The van der Waals surface area contributed by atoms with Crippen molar-refractivity contribution in [3.8, 4) is 0 Å². The number of carbonyl (C=O) groups is 2. The zero-order chi connectivity index (χ0) is 19.3. The van der Waals surface area contributed by atoms with Crippen molar-refractivity contribution in [2.24, 2.45) is 5.92 Å². The van der Waals surface area contributed by atoms with E-state index in [0.717, 1.165) is 19.1 Å². The van der Waals surface area contributed by atoms with Gasteiger partial charge in [0, 0.05) is 6.04 Å². The average Bonchev–Trinajstić information content (AvgIpc) is 2.76. The first kappa shape index (κ1) is 21.7. The lowest BCUT2D eigenvalue weighted by Crippen LogP contribution is -2.38. The van der Waals surface area contributed by atoms with E-state index in [1.54, 1.807) is 20.8 Å². The molecule has 0 bridgehead atoms. The van der Waals surface area contributed by atoms with Crippen LogP contribution in [0.4, 0.5) is 4.79 Å². The molecule has 3 atom stereocenters. The van der Waals surface area contributed by atoms with Gasteiger partial charge in [0.1, 0.15) is 5.60 Å². The van der Waals surface area contributed by atoms with E-state index in [4.69, 9.17) is 13.7 Å². The fourth-order valence-electron chi connectivity index (χ4n) is 2.59. The molecule has 25 heavy (non-hydrogen) atoms. The molecular formula is C16H29NO7S. The van der Waals surface area contributed by atoms with Crippen LogP contribution >= 0.6 is 0 Å². The highest BCUT2D eigenvalue weighted by Gasteiger charge is 2.43. The molecule has 0 aliphatic heterocycles. The molecule has 0 aromatic heterocycles. The lowest BCUT2D eigenvalue weighted by Gasteiger charge is -2.21. The number of amides is 1. The lowest BCUT2D eigenvalue weighted by atomic mass is 10.1. The van der Waals surface area contributed by atoms with Crippen LogP contribution in [0, 0.1) is 5.92 Å². The maximum atomic E-state index is 12.2. The topological polar surface area (TPSA) is 108 Å². The third kappa shape index (κ3) is 8.53. The molecule has 1 amide bonds. The first-order valence-electron chi connectivity index (χ1n) is 8.45. The van der Waals surface area contributed by atoms with Gasteiger partial charge in [-0.3, -0.25) is 8.98 Å². The molecule has 0 aromatic rings. The van der Waals surface area contributed by atoms with Gasteiger partial charge in [-0.2, -0.15) is 8.42 Å². The number of nitrogens with one attached hydrogen (secondary N) is 1. The maximum absolute atomic E-state index is 12.2. The zero-order valence-electron chi connectivity index (χ0n) is 15.5. The van der Waals surface area contributed by atoms with Gasteiger partial charge in [0.25, 0.3) is 10.1 Å². The van der Waals surface area contributed by atoms with Gasteiger partial charge < -0.3 is 14.8 Å². The predicted molar refractivity (Wildman–Crippen MR) is 91.5 cm³/mol. The van der Waals surface area contributed by atoms with Gasteiger partial charge in [0.15, 0.2) is 0 Å². The van der Waals surface area contributed by atoms with Gasteiger partial charge in [0.2, 0.25) is 0 Å². The van der Waals surface area contributed by atoms with E-state index >= 15 is 0 Å². The van der Waals surface area contributed by atoms with E-state index in [-0.39, 0.29) is 19.4 Å².